The van der Waals surface area contributed by atoms with Gasteiger partial charge in [-0.25, -0.2) is 4.79 Å². The summed E-state index contributed by atoms with van der Waals surface area (Å²) in [6.45, 7) is 3.72. The molecule has 1 N–H and O–H groups in total. The summed E-state index contributed by atoms with van der Waals surface area (Å²) in [5.41, 5.74) is 1.28. The van der Waals surface area contributed by atoms with Crippen LogP contribution in [0, 0.1) is 10.1 Å². The van der Waals surface area contributed by atoms with Crippen LogP contribution < -0.4 is 5.32 Å². The number of non-ortho nitro benzene ring substituents is 1. The van der Waals surface area contributed by atoms with Crippen molar-refractivity contribution in [2.75, 3.05) is 13.7 Å². The first-order chi connectivity index (χ1) is 13.7. The van der Waals surface area contributed by atoms with Gasteiger partial charge in [-0.15, -0.1) is 0 Å². The molecule has 29 heavy (non-hydrogen) atoms. The number of nitrogens with one attached hydrogen (secondary N) is 1. The average Bonchev–Trinajstić information content (AvgIpc) is 3.15. The van der Waals surface area contributed by atoms with Gasteiger partial charge in [0.2, 0.25) is 0 Å². The van der Waals surface area contributed by atoms with E-state index in [0.717, 1.165) is 0 Å². The predicted octanol–water partition coefficient (Wildman–Crippen LogP) is 4.21. The van der Waals surface area contributed by atoms with E-state index in [9.17, 15) is 14.9 Å². The van der Waals surface area contributed by atoms with Crippen LogP contribution in [0.5, 0.6) is 0 Å². The fourth-order valence-electron chi connectivity index (χ4n) is 2.99. The Bertz CT molecular complexity index is 1030. The van der Waals surface area contributed by atoms with Gasteiger partial charge in [-0.1, -0.05) is 11.6 Å². The smallest absolute Gasteiger partial charge is 0.338 e. The van der Waals surface area contributed by atoms with Crippen LogP contribution in [0.25, 0.3) is 11.3 Å². The number of halogens is 1. The summed E-state index contributed by atoms with van der Waals surface area (Å²) in [5.74, 6) is 0.254. The van der Waals surface area contributed by atoms with Gasteiger partial charge in [0.1, 0.15) is 17.6 Å². The molecule has 2 heterocycles. The monoisotopic (exact) mass is 435 g/mol. The molecule has 1 atom stereocenters. The molecular weight excluding hydrogens is 418 g/mol. The van der Waals surface area contributed by atoms with Gasteiger partial charge in [0.25, 0.3) is 5.69 Å². The van der Waals surface area contributed by atoms with E-state index >= 15 is 0 Å². The van der Waals surface area contributed by atoms with Crippen molar-refractivity contribution < 1.29 is 18.9 Å². The first-order valence-corrected chi connectivity index (χ1v) is 9.49. The number of ether oxygens (including phenoxy) is 1. The Morgan fingerprint density at radius 1 is 1.41 bits per heavy atom. The fraction of sp³-hybridized carbons (Fsp3) is 0.263. The highest BCUT2D eigenvalue weighted by Crippen LogP contribution is 2.37. The number of benzene rings is 1. The fourth-order valence-corrected chi connectivity index (χ4v) is 3.46. The van der Waals surface area contributed by atoms with Crippen LogP contribution in [-0.4, -0.2) is 34.6 Å². The Morgan fingerprint density at radius 3 is 2.79 bits per heavy atom. The molecule has 1 aromatic carbocycles. The van der Waals surface area contributed by atoms with Gasteiger partial charge in [0.05, 0.1) is 22.1 Å². The number of hydrogen-bond acceptors (Lipinski definition) is 6. The third-order valence-electron chi connectivity index (χ3n) is 4.59. The van der Waals surface area contributed by atoms with Crippen LogP contribution in [0.1, 0.15) is 25.6 Å². The summed E-state index contributed by atoms with van der Waals surface area (Å²) in [4.78, 5) is 24.8. The molecular formula is C19H18ClN3O5S. The summed E-state index contributed by atoms with van der Waals surface area (Å²) in [6, 6.07) is 6.74. The Labute approximate surface area is 177 Å². The standard InChI is InChI=1S/C19H18ClN3O5S/c1-4-27-18(24)16-10(2)22(3)19(29)21-17(16)15-8-7-14(28-15)12-9-11(23(25)26)5-6-13(12)20/h5-9,17H,4H2,1-3H3,(H,21,29)/t17-/m0/s1. The van der Waals surface area contributed by atoms with Gasteiger partial charge in [0.15, 0.2) is 5.11 Å². The molecule has 1 aliphatic rings. The van der Waals surface area contributed by atoms with E-state index in [4.69, 9.17) is 33.0 Å². The second-order valence-electron chi connectivity index (χ2n) is 6.28. The highest BCUT2D eigenvalue weighted by molar-refractivity contribution is 7.80. The Morgan fingerprint density at radius 2 is 2.14 bits per heavy atom. The maximum absolute atomic E-state index is 12.6. The number of esters is 1. The minimum absolute atomic E-state index is 0.108. The minimum atomic E-state index is -0.663. The van der Waals surface area contributed by atoms with Crippen molar-refractivity contribution in [2.24, 2.45) is 0 Å². The summed E-state index contributed by atoms with van der Waals surface area (Å²) in [5, 5.41) is 14.9. The molecule has 10 heteroatoms. The predicted molar refractivity (Wildman–Crippen MR) is 111 cm³/mol. The van der Waals surface area contributed by atoms with Crippen molar-refractivity contribution >= 4 is 40.6 Å². The number of carbonyl (C=O) groups excluding carboxylic acids is 1. The van der Waals surface area contributed by atoms with E-state index in [-0.39, 0.29) is 12.3 Å². The van der Waals surface area contributed by atoms with E-state index in [0.29, 0.717) is 38.5 Å². The second kappa shape index (κ2) is 8.22. The zero-order chi connectivity index (χ0) is 21.3. The number of furan rings is 1. The lowest BCUT2D eigenvalue weighted by Crippen LogP contribution is -2.46. The highest BCUT2D eigenvalue weighted by Gasteiger charge is 2.35. The van der Waals surface area contributed by atoms with Crippen molar-refractivity contribution in [2.45, 2.75) is 19.9 Å². The number of nitrogens with zero attached hydrogens (tertiary/aromatic N) is 2. The maximum atomic E-state index is 12.6. The van der Waals surface area contributed by atoms with Gasteiger partial charge in [-0.05, 0) is 44.3 Å². The van der Waals surface area contributed by atoms with Crippen LogP contribution in [0.4, 0.5) is 5.69 Å². The van der Waals surface area contributed by atoms with Crippen LogP contribution in [0.15, 0.2) is 46.0 Å². The van der Waals surface area contributed by atoms with Crippen molar-refractivity contribution in [3.63, 3.8) is 0 Å². The molecule has 152 valence electrons. The van der Waals surface area contributed by atoms with Crippen LogP contribution in [0.2, 0.25) is 5.02 Å². The first kappa shape index (κ1) is 20.8. The lowest BCUT2D eigenvalue weighted by Gasteiger charge is -2.34. The van der Waals surface area contributed by atoms with Crippen molar-refractivity contribution in [3.05, 3.63) is 62.5 Å². The SMILES string of the molecule is CCOC(=O)C1=C(C)N(C)C(=S)N[C@H]1c1ccc(-c2cc([N+](=O)[O-])ccc2Cl)o1. The summed E-state index contributed by atoms with van der Waals surface area (Å²) >= 11 is 11.6. The molecule has 3 rings (SSSR count). The molecule has 0 saturated carbocycles. The Kier molecular flexibility index (Phi) is 5.90. The summed E-state index contributed by atoms with van der Waals surface area (Å²) in [6.07, 6.45) is 0. The molecule has 0 fully saturated rings. The van der Waals surface area contributed by atoms with E-state index in [1.165, 1.54) is 18.2 Å². The molecule has 0 spiro atoms. The Balaban J connectivity index is 2.05. The van der Waals surface area contributed by atoms with Gasteiger partial charge >= 0.3 is 5.97 Å². The van der Waals surface area contributed by atoms with Crippen molar-refractivity contribution in [1.29, 1.82) is 0 Å². The summed E-state index contributed by atoms with van der Waals surface area (Å²) in [7, 11) is 1.75. The third-order valence-corrected chi connectivity index (χ3v) is 5.31. The quantitative estimate of drug-likeness (QED) is 0.323. The molecule has 0 saturated heterocycles. The molecule has 1 aromatic heterocycles. The van der Waals surface area contributed by atoms with E-state index in [1.807, 2.05) is 0 Å². The first-order valence-electron chi connectivity index (χ1n) is 8.70. The van der Waals surface area contributed by atoms with Crippen LogP contribution in [-0.2, 0) is 9.53 Å². The number of carbonyl (C=O) groups is 1. The number of nitro benzene ring substituents is 1. The molecule has 0 radical (unpaired) electrons. The number of hydrogen-bond donors (Lipinski definition) is 1. The van der Waals surface area contributed by atoms with Crippen LogP contribution in [0.3, 0.4) is 0 Å². The van der Waals surface area contributed by atoms with Gasteiger partial charge in [0, 0.05) is 30.4 Å². The number of thiocarbonyl (C=S) groups is 1. The molecule has 0 bridgehead atoms. The van der Waals surface area contributed by atoms with Gasteiger partial charge in [-0.2, -0.15) is 0 Å². The Hall–Kier alpha value is -2.91. The lowest BCUT2D eigenvalue weighted by molar-refractivity contribution is -0.384. The van der Waals surface area contributed by atoms with Gasteiger partial charge in [-0.3, -0.25) is 10.1 Å². The van der Waals surface area contributed by atoms with E-state index in [2.05, 4.69) is 5.32 Å². The minimum Gasteiger partial charge on any atom is -0.463 e. The zero-order valence-electron chi connectivity index (χ0n) is 15.9. The van der Waals surface area contributed by atoms with Crippen molar-refractivity contribution in [3.8, 4) is 11.3 Å². The lowest BCUT2D eigenvalue weighted by atomic mass is 10.0. The topological polar surface area (TPSA) is 97.8 Å². The molecule has 0 amide bonds. The largest absolute Gasteiger partial charge is 0.463 e. The van der Waals surface area contributed by atoms with Gasteiger partial charge < -0.3 is 19.4 Å². The number of rotatable bonds is 5. The number of allylic oxidation sites excluding steroid dienone is 1. The highest BCUT2D eigenvalue weighted by atomic mass is 35.5. The van der Waals surface area contributed by atoms with Crippen molar-refractivity contribution in [1.82, 2.24) is 10.2 Å². The molecule has 1 aliphatic heterocycles. The van der Waals surface area contributed by atoms with E-state index < -0.39 is 16.9 Å². The van der Waals surface area contributed by atoms with Crippen LogP contribution >= 0.6 is 23.8 Å². The zero-order valence-corrected chi connectivity index (χ0v) is 17.5. The van der Waals surface area contributed by atoms with E-state index in [1.54, 1.807) is 37.9 Å². The third kappa shape index (κ3) is 3.96. The molecule has 2 aromatic rings. The number of nitro groups is 1. The maximum Gasteiger partial charge on any atom is 0.338 e. The molecule has 0 aliphatic carbocycles. The summed E-state index contributed by atoms with van der Waals surface area (Å²) < 4.78 is 11.1. The second-order valence-corrected chi connectivity index (χ2v) is 7.08. The molecule has 8 nitrogen and oxygen atoms in total. The average molecular weight is 436 g/mol. The normalized spacial score (nSPS) is 16.6. The molecule has 0 unspecified atom stereocenters.